The first-order valence-corrected chi connectivity index (χ1v) is 9.47. The zero-order chi connectivity index (χ0) is 16.1. The van der Waals surface area contributed by atoms with Crippen LogP contribution in [-0.4, -0.2) is 61.9 Å². The lowest BCUT2D eigenvalue weighted by Gasteiger charge is -2.36. The van der Waals surface area contributed by atoms with Crippen LogP contribution in [0.1, 0.15) is 51.9 Å². The van der Waals surface area contributed by atoms with Gasteiger partial charge in [0, 0.05) is 31.7 Å². The summed E-state index contributed by atoms with van der Waals surface area (Å²) in [6, 6.07) is 0.467. The standard InChI is InChI=1S/C18H32N2O3.ClH/c1-14-12-15(5-8-19-14)18(21)20-9-6-16(7-10-20)23-13-17-4-2-3-11-22-17;/h14-17,19H,2-13H2,1H3;1H/t14-,15-,17?;/m0./s1. The third-order valence-electron chi connectivity index (χ3n) is 5.52. The van der Waals surface area contributed by atoms with Crippen LogP contribution >= 0.6 is 12.4 Å². The van der Waals surface area contributed by atoms with Gasteiger partial charge in [0.15, 0.2) is 0 Å². The predicted molar refractivity (Wildman–Crippen MR) is 96.6 cm³/mol. The number of ether oxygens (including phenoxy) is 2. The first-order valence-electron chi connectivity index (χ1n) is 9.47. The van der Waals surface area contributed by atoms with Crippen LogP contribution < -0.4 is 5.32 Å². The van der Waals surface area contributed by atoms with Crippen LogP contribution in [0.5, 0.6) is 0 Å². The minimum Gasteiger partial charge on any atom is -0.376 e. The highest BCUT2D eigenvalue weighted by atomic mass is 35.5. The van der Waals surface area contributed by atoms with E-state index < -0.39 is 0 Å². The van der Waals surface area contributed by atoms with Crippen molar-refractivity contribution < 1.29 is 14.3 Å². The molecule has 3 aliphatic rings. The summed E-state index contributed by atoms with van der Waals surface area (Å²) in [5, 5.41) is 3.42. The van der Waals surface area contributed by atoms with E-state index in [2.05, 4.69) is 17.1 Å². The Morgan fingerprint density at radius 3 is 2.67 bits per heavy atom. The van der Waals surface area contributed by atoms with Crippen LogP contribution in [0.25, 0.3) is 0 Å². The maximum absolute atomic E-state index is 12.6. The van der Waals surface area contributed by atoms with Crippen molar-refractivity contribution in [2.45, 2.75) is 70.1 Å². The molecule has 3 rings (SSSR count). The number of carbonyl (C=O) groups excluding carboxylic acids is 1. The van der Waals surface area contributed by atoms with E-state index in [0.29, 0.717) is 24.2 Å². The second-order valence-corrected chi connectivity index (χ2v) is 7.42. The molecule has 3 atom stereocenters. The molecule has 3 aliphatic heterocycles. The molecule has 1 unspecified atom stereocenters. The van der Waals surface area contributed by atoms with Gasteiger partial charge in [0.2, 0.25) is 5.91 Å². The maximum atomic E-state index is 12.6. The Kier molecular flexibility index (Phi) is 8.28. The Morgan fingerprint density at radius 1 is 1.21 bits per heavy atom. The average Bonchev–Trinajstić information content (AvgIpc) is 2.61. The monoisotopic (exact) mass is 360 g/mol. The van der Waals surface area contributed by atoms with Crippen molar-refractivity contribution >= 4 is 18.3 Å². The highest BCUT2D eigenvalue weighted by Gasteiger charge is 2.31. The molecule has 3 heterocycles. The van der Waals surface area contributed by atoms with E-state index in [9.17, 15) is 4.79 Å². The van der Waals surface area contributed by atoms with Gasteiger partial charge in [0.05, 0.1) is 18.8 Å². The third kappa shape index (κ3) is 5.58. The fourth-order valence-electron chi connectivity index (χ4n) is 4.04. The number of likely N-dealkylation sites (tertiary alicyclic amines) is 1. The Labute approximate surface area is 152 Å². The molecular weight excluding hydrogens is 328 g/mol. The van der Waals surface area contributed by atoms with Crippen molar-refractivity contribution in [3.05, 3.63) is 0 Å². The van der Waals surface area contributed by atoms with Crippen molar-refractivity contribution in [2.24, 2.45) is 5.92 Å². The van der Waals surface area contributed by atoms with Gasteiger partial charge in [-0.15, -0.1) is 12.4 Å². The molecule has 3 saturated heterocycles. The fourth-order valence-corrected chi connectivity index (χ4v) is 4.04. The molecule has 5 nitrogen and oxygen atoms in total. The Bertz CT molecular complexity index is 382. The largest absolute Gasteiger partial charge is 0.376 e. The summed E-state index contributed by atoms with van der Waals surface area (Å²) in [6.07, 6.45) is 8.08. The van der Waals surface area contributed by atoms with Gasteiger partial charge < -0.3 is 19.7 Å². The number of nitrogens with zero attached hydrogens (tertiary/aromatic N) is 1. The Balaban J connectivity index is 0.00000208. The summed E-state index contributed by atoms with van der Waals surface area (Å²) < 4.78 is 11.8. The lowest BCUT2D eigenvalue weighted by atomic mass is 9.91. The van der Waals surface area contributed by atoms with Gasteiger partial charge in [0.25, 0.3) is 0 Å². The molecule has 0 aromatic rings. The molecular formula is C18H33ClN2O3. The summed E-state index contributed by atoms with van der Waals surface area (Å²) in [6.45, 7) is 6.46. The first-order chi connectivity index (χ1) is 11.2. The molecule has 1 amide bonds. The number of nitrogens with one attached hydrogen (secondary N) is 1. The average molecular weight is 361 g/mol. The van der Waals surface area contributed by atoms with Gasteiger partial charge in [-0.25, -0.2) is 0 Å². The molecule has 0 aromatic heterocycles. The molecule has 0 bridgehead atoms. The van der Waals surface area contributed by atoms with Crippen molar-refractivity contribution in [2.75, 3.05) is 32.8 Å². The van der Waals surface area contributed by atoms with Gasteiger partial charge in [-0.2, -0.15) is 0 Å². The predicted octanol–water partition coefficient (Wildman–Crippen LogP) is 2.37. The number of rotatable bonds is 4. The summed E-state index contributed by atoms with van der Waals surface area (Å²) in [7, 11) is 0. The van der Waals surface area contributed by atoms with E-state index in [1.165, 1.54) is 12.8 Å². The van der Waals surface area contributed by atoms with Crippen molar-refractivity contribution in [3.8, 4) is 0 Å². The highest BCUT2D eigenvalue weighted by molar-refractivity contribution is 5.85. The molecule has 6 heteroatoms. The SMILES string of the molecule is C[C@H]1C[C@@H](C(=O)N2CCC(OCC3CCCCO3)CC2)CCN1.Cl. The van der Waals surface area contributed by atoms with Crippen LogP contribution in [0.3, 0.4) is 0 Å². The van der Waals surface area contributed by atoms with Crippen LogP contribution in [0.2, 0.25) is 0 Å². The number of amides is 1. The Morgan fingerprint density at radius 2 is 2.00 bits per heavy atom. The molecule has 140 valence electrons. The highest BCUT2D eigenvalue weighted by Crippen LogP contribution is 2.23. The van der Waals surface area contributed by atoms with Crippen LogP contribution in [0, 0.1) is 5.92 Å². The summed E-state index contributed by atoms with van der Waals surface area (Å²) in [5.41, 5.74) is 0. The molecule has 0 radical (unpaired) electrons. The minimum atomic E-state index is 0. The summed E-state index contributed by atoms with van der Waals surface area (Å²) in [4.78, 5) is 14.7. The lowest BCUT2D eigenvalue weighted by Crippen LogP contribution is -2.47. The first kappa shape index (κ1) is 20.0. The van der Waals surface area contributed by atoms with E-state index in [1.807, 2.05) is 0 Å². The Hall–Kier alpha value is -0.360. The van der Waals surface area contributed by atoms with Crippen LogP contribution in [0.4, 0.5) is 0 Å². The smallest absolute Gasteiger partial charge is 0.225 e. The maximum Gasteiger partial charge on any atom is 0.225 e. The van der Waals surface area contributed by atoms with Crippen molar-refractivity contribution in [1.29, 1.82) is 0 Å². The van der Waals surface area contributed by atoms with E-state index in [-0.39, 0.29) is 18.3 Å². The van der Waals surface area contributed by atoms with Crippen LogP contribution in [-0.2, 0) is 14.3 Å². The zero-order valence-electron chi connectivity index (χ0n) is 14.9. The normalized spacial score (nSPS) is 32.2. The van der Waals surface area contributed by atoms with Crippen molar-refractivity contribution in [1.82, 2.24) is 10.2 Å². The summed E-state index contributed by atoms with van der Waals surface area (Å²) >= 11 is 0. The lowest BCUT2D eigenvalue weighted by molar-refractivity contribution is -0.140. The van der Waals surface area contributed by atoms with E-state index in [4.69, 9.17) is 9.47 Å². The second kappa shape index (κ2) is 9.95. The number of piperidine rings is 2. The molecule has 1 N–H and O–H groups in total. The molecule has 0 saturated carbocycles. The van der Waals surface area contributed by atoms with E-state index in [0.717, 1.165) is 65.0 Å². The molecule has 3 fully saturated rings. The summed E-state index contributed by atoms with van der Waals surface area (Å²) in [5.74, 6) is 0.590. The van der Waals surface area contributed by atoms with Gasteiger partial charge >= 0.3 is 0 Å². The third-order valence-corrected chi connectivity index (χ3v) is 5.52. The van der Waals surface area contributed by atoms with Gasteiger partial charge in [-0.05, 0) is 58.4 Å². The number of hydrogen-bond acceptors (Lipinski definition) is 4. The van der Waals surface area contributed by atoms with Gasteiger partial charge in [-0.3, -0.25) is 4.79 Å². The zero-order valence-corrected chi connectivity index (χ0v) is 15.7. The van der Waals surface area contributed by atoms with Gasteiger partial charge in [-0.1, -0.05) is 0 Å². The molecule has 24 heavy (non-hydrogen) atoms. The quantitative estimate of drug-likeness (QED) is 0.836. The number of hydrogen-bond donors (Lipinski definition) is 1. The molecule has 0 aliphatic carbocycles. The van der Waals surface area contributed by atoms with Crippen molar-refractivity contribution in [3.63, 3.8) is 0 Å². The van der Waals surface area contributed by atoms with E-state index >= 15 is 0 Å². The fraction of sp³-hybridized carbons (Fsp3) is 0.944. The number of halogens is 1. The molecule has 0 aromatic carbocycles. The van der Waals surface area contributed by atoms with Gasteiger partial charge in [0.1, 0.15) is 0 Å². The second-order valence-electron chi connectivity index (χ2n) is 7.42. The minimum absolute atomic E-state index is 0. The van der Waals surface area contributed by atoms with E-state index in [1.54, 1.807) is 0 Å². The molecule has 0 spiro atoms. The van der Waals surface area contributed by atoms with Crippen LogP contribution in [0.15, 0.2) is 0 Å². The topological polar surface area (TPSA) is 50.8 Å². The number of carbonyl (C=O) groups is 1.